The largest absolute Gasteiger partial charge is 0.396 e. The third-order valence-corrected chi connectivity index (χ3v) is 3.97. The van der Waals surface area contributed by atoms with E-state index in [1.807, 2.05) is 0 Å². The van der Waals surface area contributed by atoms with E-state index in [1.54, 1.807) is 0 Å². The third-order valence-electron chi connectivity index (χ3n) is 2.54. The molecule has 0 aromatic heterocycles. The van der Waals surface area contributed by atoms with E-state index in [9.17, 15) is 0 Å². The number of aliphatic hydroxyl groups excluding tert-OH is 1. The lowest BCUT2D eigenvalue weighted by molar-refractivity contribution is 0.296. The highest BCUT2D eigenvalue weighted by molar-refractivity contribution is 7.99. The molecule has 0 aromatic carbocycles. The summed E-state index contributed by atoms with van der Waals surface area (Å²) in [6.45, 7) is 2.72. The summed E-state index contributed by atoms with van der Waals surface area (Å²) in [4.78, 5) is 0. The fourth-order valence-electron chi connectivity index (χ4n) is 1.84. The smallest absolute Gasteiger partial charge is 0.0438 e. The number of thioether (sulfide) groups is 1. The summed E-state index contributed by atoms with van der Waals surface area (Å²) in [7, 11) is 0. The second kappa shape index (κ2) is 5.87. The van der Waals surface area contributed by atoms with Crippen LogP contribution in [0.25, 0.3) is 0 Å². The quantitative estimate of drug-likeness (QED) is 0.684. The lowest BCUT2D eigenvalue weighted by atomic mass is 9.91. The lowest BCUT2D eigenvalue weighted by Gasteiger charge is -2.26. The Morgan fingerprint density at radius 2 is 2.25 bits per heavy atom. The second-order valence-corrected chi connectivity index (χ2v) is 5.25. The Bertz CT molecular complexity index is 116. The Morgan fingerprint density at radius 1 is 1.42 bits per heavy atom. The van der Waals surface area contributed by atoms with Gasteiger partial charge < -0.3 is 5.11 Å². The van der Waals surface area contributed by atoms with Crippen molar-refractivity contribution in [3.8, 4) is 0 Å². The molecule has 0 spiro atoms. The molecule has 0 amide bonds. The number of rotatable bonds is 4. The Morgan fingerprint density at radius 3 is 2.92 bits per heavy atom. The molecule has 0 aromatic rings. The summed E-state index contributed by atoms with van der Waals surface area (Å²) in [5.41, 5.74) is 0. The van der Waals surface area contributed by atoms with Gasteiger partial charge in [-0.3, -0.25) is 0 Å². The third kappa shape index (κ3) is 3.81. The van der Waals surface area contributed by atoms with E-state index in [0.29, 0.717) is 6.61 Å². The zero-order valence-electron chi connectivity index (χ0n) is 7.96. The first-order valence-electron chi connectivity index (χ1n) is 5.05. The van der Waals surface area contributed by atoms with Crippen LogP contribution in [-0.4, -0.2) is 22.7 Å². The Kier molecular flexibility index (Phi) is 5.08. The molecule has 1 aliphatic rings. The maximum Gasteiger partial charge on any atom is 0.0438 e. The second-order valence-electron chi connectivity index (χ2n) is 3.84. The van der Waals surface area contributed by atoms with Crippen molar-refractivity contribution in [3.63, 3.8) is 0 Å². The molecule has 1 nitrogen and oxygen atoms in total. The molecule has 0 bridgehead atoms. The molecule has 0 aliphatic heterocycles. The van der Waals surface area contributed by atoms with Gasteiger partial charge in [0, 0.05) is 11.9 Å². The Hall–Kier alpha value is 0.310. The first-order chi connectivity index (χ1) is 5.83. The maximum atomic E-state index is 8.63. The predicted octanol–water partition coefficient (Wildman–Crippen LogP) is 2.68. The molecule has 0 heterocycles. The van der Waals surface area contributed by atoms with Crippen LogP contribution in [0.3, 0.4) is 0 Å². The monoisotopic (exact) mass is 188 g/mol. The Labute approximate surface area is 79.9 Å². The summed E-state index contributed by atoms with van der Waals surface area (Å²) < 4.78 is 0. The zero-order chi connectivity index (χ0) is 8.81. The summed E-state index contributed by atoms with van der Waals surface area (Å²) in [5, 5.41) is 9.52. The molecule has 1 fully saturated rings. The van der Waals surface area contributed by atoms with Crippen molar-refractivity contribution in [2.24, 2.45) is 5.92 Å². The van der Waals surface area contributed by atoms with Crippen LogP contribution in [0, 0.1) is 5.92 Å². The summed E-state index contributed by atoms with van der Waals surface area (Å²) in [6.07, 6.45) is 6.61. The Balaban J connectivity index is 2.06. The van der Waals surface area contributed by atoms with Crippen LogP contribution in [-0.2, 0) is 0 Å². The molecule has 72 valence electrons. The van der Waals surface area contributed by atoms with Gasteiger partial charge in [-0.25, -0.2) is 0 Å². The van der Waals surface area contributed by atoms with Crippen molar-refractivity contribution < 1.29 is 5.11 Å². The summed E-state index contributed by atoms with van der Waals surface area (Å²) in [5.74, 6) is 2.08. The molecule has 2 unspecified atom stereocenters. The number of hydrogen-bond acceptors (Lipinski definition) is 2. The van der Waals surface area contributed by atoms with E-state index in [-0.39, 0.29) is 0 Å². The van der Waals surface area contributed by atoms with Gasteiger partial charge in [0.15, 0.2) is 0 Å². The molecule has 1 N–H and O–H groups in total. The number of aliphatic hydroxyl groups is 1. The molecule has 2 heteroatoms. The van der Waals surface area contributed by atoms with Gasteiger partial charge in [-0.15, -0.1) is 0 Å². The maximum absolute atomic E-state index is 8.63. The average molecular weight is 188 g/mol. The molecule has 0 radical (unpaired) electrons. The highest BCUT2D eigenvalue weighted by atomic mass is 32.2. The molecule has 1 rings (SSSR count). The van der Waals surface area contributed by atoms with Crippen molar-refractivity contribution in [2.75, 3.05) is 12.4 Å². The van der Waals surface area contributed by atoms with Gasteiger partial charge >= 0.3 is 0 Å². The van der Waals surface area contributed by atoms with Crippen LogP contribution in [0.4, 0.5) is 0 Å². The molecule has 12 heavy (non-hydrogen) atoms. The van der Waals surface area contributed by atoms with E-state index >= 15 is 0 Å². The normalized spacial score (nSPS) is 30.5. The summed E-state index contributed by atoms with van der Waals surface area (Å²) in [6, 6.07) is 0. The van der Waals surface area contributed by atoms with Crippen molar-refractivity contribution >= 4 is 11.8 Å². The van der Waals surface area contributed by atoms with Crippen molar-refractivity contribution in [3.05, 3.63) is 0 Å². The first kappa shape index (κ1) is 10.4. The minimum atomic E-state index is 0.356. The standard InChI is InChI=1S/C10H20OS/c1-9-4-2-5-10(8-9)12-7-3-6-11/h9-11H,2-8H2,1H3. The van der Waals surface area contributed by atoms with Crippen LogP contribution >= 0.6 is 11.8 Å². The number of hydrogen-bond donors (Lipinski definition) is 1. The first-order valence-corrected chi connectivity index (χ1v) is 6.10. The van der Waals surface area contributed by atoms with Gasteiger partial charge in [0.2, 0.25) is 0 Å². The summed E-state index contributed by atoms with van der Waals surface area (Å²) >= 11 is 2.07. The highest BCUT2D eigenvalue weighted by Gasteiger charge is 2.18. The van der Waals surface area contributed by atoms with E-state index in [0.717, 1.165) is 23.3 Å². The molecule has 1 saturated carbocycles. The van der Waals surface area contributed by atoms with E-state index in [1.165, 1.54) is 25.7 Å². The van der Waals surface area contributed by atoms with Crippen LogP contribution in [0.2, 0.25) is 0 Å². The van der Waals surface area contributed by atoms with Gasteiger partial charge in [0.05, 0.1) is 0 Å². The van der Waals surface area contributed by atoms with Crippen LogP contribution in [0.1, 0.15) is 39.0 Å². The van der Waals surface area contributed by atoms with Gasteiger partial charge in [-0.05, 0) is 30.9 Å². The molecular weight excluding hydrogens is 168 g/mol. The molecule has 1 aliphatic carbocycles. The van der Waals surface area contributed by atoms with Gasteiger partial charge in [0.25, 0.3) is 0 Å². The minimum Gasteiger partial charge on any atom is -0.396 e. The van der Waals surface area contributed by atoms with Crippen molar-refractivity contribution in [1.82, 2.24) is 0 Å². The van der Waals surface area contributed by atoms with Crippen molar-refractivity contribution in [2.45, 2.75) is 44.3 Å². The van der Waals surface area contributed by atoms with E-state index < -0.39 is 0 Å². The van der Waals surface area contributed by atoms with Gasteiger partial charge in [-0.1, -0.05) is 19.8 Å². The van der Waals surface area contributed by atoms with Crippen LogP contribution in [0.5, 0.6) is 0 Å². The topological polar surface area (TPSA) is 20.2 Å². The lowest BCUT2D eigenvalue weighted by Crippen LogP contribution is -2.15. The van der Waals surface area contributed by atoms with Crippen LogP contribution in [0.15, 0.2) is 0 Å². The fraction of sp³-hybridized carbons (Fsp3) is 1.00. The highest BCUT2D eigenvalue weighted by Crippen LogP contribution is 2.31. The van der Waals surface area contributed by atoms with Gasteiger partial charge in [-0.2, -0.15) is 11.8 Å². The van der Waals surface area contributed by atoms with E-state index in [2.05, 4.69) is 18.7 Å². The zero-order valence-corrected chi connectivity index (χ0v) is 8.78. The average Bonchev–Trinajstić information content (AvgIpc) is 2.05. The molecule has 2 atom stereocenters. The van der Waals surface area contributed by atoms with Gasteiger partial charge in [0.1, 0.15) is 0 Å². The van der Waals surface area contributed by atoms with E-state index in [4.69, 9.17) is 5.11 Å². The van der Waals surface area contributed by atoms with Crippen molar-refractivity contribution in [1.29, 1.82) is 0 Å². The minimum absolute atomic E-state index is 0.356. The molecule has 0 saturated heterocycles. The van der Waals surface area contributed by atoms with Crippen LogP contribution < -0.4 is 0 Å². The fourth-order valence-corrected chi connectivity index (χ4v) is 3.27. The predicted molar refractivity (Wildman–Crippen MR) is 55.6 cm³/mol. The molecular formula is C10H20OS. The SMILES string of the molecule is CC1CCCC(SCCCO)C1.